The largest absolute Gasteiger partial charge is 0.329 e. The van der Waals surface area contributed by atoms with Gasteiger partial charge in [-0.3, -0.25) is 4.90 Å². The van der Waals surface area contributed by atoms with E-state index in [9.17, 15) is 4.39 Å². The van der Waals surface area contributed by atoms with Gasteiger partial charge in [0.15, 0.2) is 0 Å². The molecule has 2 nitrogen and oxygen atoms in total. The molecule has 0 saturated carbocycles. The van der Waals surface area contributed by atoms with Gasteiger partial charge in [-0.15, -0.1) is 0 Å². The van der Waals surface area contributed by atoms with Crippen LogP contribution in [-0.4, -0.2) is 23.5 Å². The second-order valence-corrected chi connectivity index (χ2v) is 5.07. The van der Waals surface area contributed by atoms with Crippen molar-refractivity contribution in [3.05, 3.63) is 35.6 Å². The van der Waals surface area contributed by atoms with Crippen molar-refractivity contribution in [1.82, 2.24) is 4.90 Å². The van der Waals surface area contributed by atoms with Crippen LogP contribution in [0.1, 0.15) is 32.8 Å². The van der Waals surface area contributed by atoms with Crippen molar-refractivity contribution >= 4 is 0 Å². The van der Waals surface area contributed by atoms with Gasteiger partial charge in [0.25, 0.3) is 0 Å². The predicted molar refractivity (Wildman–Crippen MR) is 70.2 cm³/mol. The fraction of sp³-hybridized carbons (Fsp3) is 0.571. The third-order valence-corrected chi connectivity index (χ3v) is 3.11. The van der Waals surface area contributed by atoms with Crippen LogP contribution in [0, 0.1) is 5.82 Å². The minimum absolute atomic E-state index is 0.0532. The molecule has 3 heteroatoms. The summed E-state index contributed by atoms with van der Waals surface area (Å²) in [5.74, 6) is -0.176. The van der Waals surface area contributed by atoms with Crippen molar-refractivity contribution in [2.45, 2.75) is 39.3 Å². The van der Waals surface area contributed by atoms with Crippen molar-refractivity contribution in [1.29, 1.82) is 0 Å². The Morgan fingerprint density at radius 2 is 2.06 bits per heavy atom. The van der Waals surface area contributed by atoms with Crippen LogP contribution >= 0.6 is 0 Å². The number of halogens is 1. The fourth-order valence-electron chi connectivity index (χ4n) is 1.85. The Labute approximate surface area is 104 Å². The first-order valence-electron chi connectivity index (χ1n) is 6.19. The smallest absolute Gasteiger partial charge is 0.123 e. The molecule has 0 amide bonds. The van der Waals surface area contributed by atoms with Gasteiger partial charge in [-0.05, 0) is 44.5 Å². The molecule has 2 N–H and O–H groups in total. The topological polar surface area (TPSA) is 29.3 Å². The van der Waals surface area contributed by atoms with E-state index in [4.69, 9.17) is 5.73 Å². The van der Waals surface area contributed by atoms with Crippen LogP contribution in [0.4, 0.5) is 4.39 Å². The summed E-state index contributed by atoms with van der Waals surface area (Å²) in [5.41, 5.74) is 6.75. The van der Waals surface area contributed by atoms with E-state index in [-0.39, 0.29) is 11.4 Å². The first kappa shape index (κ1) is 14.1. The first-order valence-corrected chi connectivity index (χ1v) is 6.19. The Bertz CT molecular complexity index is 350. The van der Waals surface area contributed by atoms with Crippen molar-refractivity contribution in [3.63, 3.8) is 0 Å². The molecule has 0 aromatic heterocycles. The quantitative estimate of drug-likeness (QED) is 0.825. The molecule has 0 atom stereocenters. The average molecular weight is 238 g/mol. The highest BCUT2D eigenvalue weighted by Crippen LogP contribution is 2.17. The Morgan fingerprint density at radius 3 is 2.59 bits per heavy atom. The van der Waals surface area contributed by atoms with Gasteiger partial charge in [0, 0.05) is 18.6 Å². The summed E-state index contributed by atoms with van der Waals surface area (Å²) in [6, 6.07) is 6.78. The summed E-state index contributed by atoms with van der Waals surface area (Å²) < 4.78 is 13.1. The van der Waals surface area contributed by atoms with Crippen molar-refractivity contribution < 1.29 is 4.39 Å². The molecule has 0 radical (unpaired) electrons. The zero-order valence-corrected chi connectivity index (χ0v) is 11.0. The highest BCUT2D eigenvalue weighted by molar-refractivity contribution is 5.16. The summed E-state index contributed by atoms with van der Waals surface area (Å²) >= 11 is 0. The van der Waals surface area contributed by atoms with E-state index < -0.39 is 0 Å². The molecule has 0 bridgehead atoms. The lowest BCUT2D eigenvalue weighted by Crippen LogP contribution is -2.49. The van der Waals surface area contributed by atoms with Gasteiger partial charge < -0.3 is 5.73 Å². The Kier molecular flexibility index (Phi) is 5.09. The molecule has 0 unspecified atom stereocenters. The van der Waals surface area contributed by atoms with E-state index in [0.717, 1.165) is 25.1 Å². The fourth-order valence-corrected chi connectivity index (χ4v) is 1.85. The molecule has 1 aromatic rings. The van der Waals surface area contributed by atoms with Crippen LogP contribution < -0.4 is 5.73 Å². The lowest BCUT2D eigenvalue weighted by molar-refractivity contribution is 0.118. The van der Waals surface area contributed by atoms with E-state index >= 15 is 0 Å². The molecular formula is C14H23FN2. The Hall–Kier alpha value is -0.930. The van der Waals surface area contributed by atoms with Gasteiger partial charge in [0.2, 0.25) is 0 Å². The number of benzene rings is 1. The summed E-state index contributed by atoms with van der Waals surface area (Å²) in [4.78, 5) is 2.31. The summed E-state index contributed by atoms with van der Waals surface area (Å²) in [6.07, 6.45) is 1.07. The second-order valence-electron chi connectivity index (χ2n) is 5.07. The molecule has 17 heavy (non-hydrogen) atoms. The molecule has 0 aliphatic carbocycles. The van der Waals surface area contributed by atoms with Gasteiger partial charge >= 0.3 is 0 Å². The second kappa shape index (κ2) is 6.12. The molecule has 0 saturated heterocycles. The van der Waals surface area contributed by atoms with Gasteiger partial charge in [0.1, 0.15) is 5.82 Å². The third-order valence-electron chi connectivity index (χ3n) is 3.11. The SMILES string of the molecule is CCCN(Cc1cccc(F)c1)C(C)(C)CN. The highest BCUT2D eigenvalue weighted by atomic mass is 19.1. The maximum atomic E-state index is 13.1. The molecule has 0 heterocycles. The molecule has 0 fully saturated rings. The van der Waals surface area contributed by atoms with Crippen LogP contribution in [0.15, 0.2) is 24.3 Å². The molecule has 96 valence electrons. The highest BCUT2D eigenvalue weighted by Gasteiger charge is 2.24. The molecule has 0 aliphatic rings. The summed E-state index contributed by atoms with van der Waals surface area (Å²) in [7, 11) is 0. The van der Waals surface area contributed by atoms with E-state index in [2.05, 4.69) is 25.7 Å². The van der Waals surface area contributed by atoms with Crippen LogP contribution in [0.25, 0.3) is 0 Å². The molecular weight excluding hydrogens is 215 g/mol. The molecule has 1 rings (SSSR count). The minimum atomic E-state index is -0.176. The summed E-state index contributed by atoms with van der Waals surface area (Å²) in [6.45, 7) is 8.72. The average Bonchev–Trinajstić information content (AvgIpc) is 2.28. The van der Waals surface area contributed by atoms with Gasteiger partial charge in [-0.25, -0.2) is 4.39 Å². The number of hydrogen-bond acceptors (Lipinski definition) is 2. The molecule has 0 spiro atoms. The van der Waals surface area contributed by atoms with Gasteiger partial charge in [-0.1, -0.05) is 19.1 Å². The van der Waals surface area contributed by atoms with E-state index in [1.165, 1.54) is 6.07 Å². The maximum Gasteiger partial charge on any atom is 0.123 e. The first-order chi connectivity index (χ1) is 7.99. The lowest BCUT2D eigenvalue weighted by atomic mass is 10.0. The standard InChI is InChI=1S/C14H23FN2/c1-4-8-17(14(2,3)11-16)10-12-6-5-7-13(15)9-12/h5-7,9H,4,8,10-11,16H2,1-3H3. The molecule has 1 aromatic carbocycles. The van der Waals surface area contributed by atoms with Gasteiger partial charge in [0.05, 0.1) is 0 Å². The predicted octanol–water partition coefficient (Wildman–Crippen LogP) is 2.78. The zero-order valence-electron chi connectivity index (χ0n) is 11.0. The number of nitrogens with zero attached hydrogens (tertiary/aromatic N) is 1. The number of nitrogens with two attached hydrogens (primary N) is 1. The Balaban J connectivity index is 2.80. The Morgan fingerprint density at radius 1 is 1.35 bits per heavy atom. The van der Waals surface area contributed by atoms with Gasteiger partial charge in [-0.2, -0.15) is 0 Å². The number of hydrogen-bond donors (Lipinski definition) is 1. The third kappa shape index (κ3) is 4.10. The van der Waals surface area contributed by atoms with Crippen molar-refractivity contribution in [3.8, 4) is 0 Å². The van der Waals surface area contributed by atoms with Crippen LogP contribution in [0.5, 0.6) is 0 Å². The molecule has 0 aliphatic heterocycles. The zero-order chi connectivity index (χ0) is 12.9. The number of rotatable bonds is 6. The van der Waals surface area contributed by atoms with E-state index in [1.54, 1.807) is 12.1 Å². The van der Waals surface area contributed by atoms with Crippen LogP contribution in [0.3, 0.4) is 0 Å². The van der Waals surface area contributed by atoms with E-state index in [1.807, 2.05) is 6.07 Å². The normalized spacial score (nSPS) is 12.1. The van der Waals surface area contributed by atoms with Crippen molar-refractivity contribution in [2.24, 2.45) is 5.73 Å². The minimum Gasteiger partial charge on any atom is -0.329 e. The van der Waals surface area contributed by atoms with Crippen LogP contribution in [0.2, 0.25) is 0 Å². The van der Waals surface area contributed by atoms with E-state index in [0.29, 0.717) is 6.54 Å². The maximum absolute atomic E-state index is 13.1. The van der Waals surface area contributed by atoms with Crippen molar-refractivity contribution in [2.75, 3.05) is 13.1 Å². The lowest BCUT2D eigenvalue weighted by Gasteiger charge is -2.37. The summed E-state index contributed by atoms with van der Waals surface area (Å²) in [5, 5.41) is 0. The van der Waals surface area contributed by atoms with Crippen LogP contribution in [-0.2, 0) is 6.54 Å². The monoisotopic (exact) mass is 238 g/mol.